The van der Waals surface area contributed by atoms with Crippen molar-refractivity contribution in [3.05, 3.63) is 39.8 Å². The predicted molar refractivity (Wildman–Crippen MR) is 53.5 cm³/mol. The number of rotatable bonds is 3. The van der Waals surface area contributed by atoms with E-state index in [-0.39, 0.29) is 0 Å². The van der Waals surface area contributed by atoms with Crippen molar-refractivity contribution in [2.75, 3.05) is 0 Å². The number of nitro groups is 1. The van der Waals surface area contributed by atoms with Crippen molar-refractivity contribution in [1.29, 1.82) is 0 Å². The Morgan fingerprint density at radius 3 is 2.35 bits per heavy atom. The molecule has 0 aliphatic heterocycles. The average Bonchev–Trinajstić information content (AvgIpc) is 2.14. The molecule has 0 atom stereocenters. The zero-order valence-electron chi connectivity index (χ0n) is 9.04. The van der Waals surface area contributed by atoms with Crippen molar-refractivity contribution >= 4 is 5.69 Å². The maximum absolute atomic E-state index is 12.0. The highest BCUT2D eigenvalue weighted by Crippen LogP contribution is 2.34. The second kappa shape index (κ2) is 4.60. The van der Waals surface area contributed by atoms with Crippen molar-refractivity contribution in [1.82, 2.24) is 0 Å². The third-order valence-electron chi connectivity index (χ3n) is 1.96. The van der Waals surface area contributed by atoms with Crippen molar-refractivity contribution in [3.63, 3.8) is 0 Å². The van der Waals surface area contributed by atoms with Crippen LogP contribution in [0, 0.1) is 16.0 Å². The van der Waals surface area contributed by atoms with Crippen LogP contribution in [0.1, 0.15) is 19.4 Å². The zero-order valence-corrected chi connectivity index (χ0v) is 9.04. The molecular formula is C10H9F3NO3. The van der Waals surface area contributed by atoms with Crippen LogP contribution in [0.5, 0.6) is 5.75 Å². The van der Waals surface area contributed by atoms with Gasteiger partial charge in [0.05, 0.1) is 4.92 Å². The maximum atomic E-state index is 12.0. The van der Waals surface area contributed by atoms with Gasteiger partial charge < -0.3 is 4.74 Å². The van der Waals surface area contributed by atoms with E-state index in [4.69, 9.17) is 0 Å². The first kappa shape index (κ1) is 13.3. The monoisotopic (exact) mass is 248 g/mol. The first-order valence-electron chi connectivity index (χ1n) is 4.55. The molecule has 0 aliphatic rings. The van der Waals surface area contributed by atoms with E-state index in [2.05, 4.69) is 4.74 Å². The Hall–Kier alpha value is -1.79. The Morgan fingerprint density at radius 2 is 1.94 bits per heavy atom. The number of benzene rings is 1. The normalized spacial score (nSPS) is 11.6. The van der Waals surface area contributed by atoms with Gasteiger partial charge in [0.2, 0.25) is 5.75 Å². The average molecular weight is 248 g/mol. The highest BCUT2D eigenvalue weighted by molar-refractivity contribution is 5.51. The molecule has 4 nitrogen and oxygen atoms in total. The number of nitro benzene ring substituents is 1. The molecule has 1 rings (SSSR count). The molecule has 1 radical (unpaired) electrons. The minimum atomic E-state index is -4.95. The van der Waals surface area contributed by atoms with E-state index in [9.17, 15) is 23.3 Å². The largest absolute Gasteiger partial charge is 0.573 e. The van der Waals surface area contributed by atoms with E-state index < -0.39 is 22.7 Å². The fourth-order valence-electron chi connectivity index (χ4n) is 1.18. The van der Waals surface area contributed by atoms with E-state index in [0.29, 0.717) is 5.56 Å². The third kappa shape index (κ3) is 3.61. The van der Waals surface area contributed by atoms with Gasteiger partial charge in [-0.1, -0.05) is 19.9 Å². The van der Waals surface area contributed by atoms with Crippen LogP contribution in [-0.4, -0.2) is 11.3 Å². The van der Waals surface area contributed by atoms with Crippen molar-refractivity contribution < 1.29 is 22.8 Å². The SMILES string of the molecule is C[C](C)c1ccc(OC(F)(F)F)c([N+](=O)[O-])c1. The molecular weight excluding hydrogens is 239 g/mol. The number of hydrogen-bond donors (Lipinski definition) is 0. The molecule has 0 amide bonds. The van der Waals surface area contributed by atoms with Crippen molar-refractivity contribution in [2.24, 2.45) is 0 Å². The summed E-state index contributed by atoms with van der Waals surface area (Å²) in [5, 5.41) is 10.6. The Labute approximate surface area is 95.2 Å². The fraction of sp³-hybridized carbons (Fsp3) is 0.300. The fourth-order valence-corrected chi connectivity index (χ4v) is 1.18. The lowest BCUT2D eigenvalue weighted by molar-refractivity contribution is -0.388. The zero-order chi connectivity index (χ0) is 13.2. The van der Waals surface area contributed by atoms with Gasteiger partial charge in [0.1, 0.15) is 0 Å². The van der Waals surface area contributed by atoms with Crippen LogP contribution in [0.2, 0.25) is 0 Å². The van der Waals surface area contributed by atoms with Gasteiger partial charge in [0.15, 0.2) is 0 Å². The Morgan fingerprint density at radius 1 is 1.35 bits per heavy atom. The van der Waals surface area contributed by atoms with E-state index in [1.54, 1.807) is 13.8 Å². The van der Waals surface area contributed by atoms with Crippen LogP contribution in [0.15, 0.2) is 18.2 Å². The molecule has 0 fully saturated rings. The van der Waals surface area contributed by atoms with Crippen LogP contribution < -0.4 is 4.74 Å². The van der Waals surface area contributed by atoms with E-state index in [1.807, 2.05) is 0 Å². The molecule has 0 saturated carbocycles. The number of halogens is 3. The molecule has 17 heavy (non-hydrogen) atoms. The summed E-state index contributed by atoms with van der Waals surface area (Å²) in [6.07, 6.45) is -4.95. The summed E-state index contributed by atoms with van der Waals surface area (Å²) in [7, 11) is 0. The lowest BCUT2D eigenvalue weighted by Crippen LogP contribution is -2.18. The van der Waals surface area contributed by atoms with Gasteiger partial charge >= 0.3 is 12.0 Å². The minimum absolute atomic E-state index is 0.492. The highest BCUT2D eigenvalue weighted by atomic mass is 19.4. The van der Waals surface area contributed by atoms with Crippen LogP contribution in [0.25, 0.3) is 0 Å². The van der Waals surface area contributed by atoms with Gasteiger partial charge in [0, 0.05) is 6.07 Å². The first-order chi connectivity index (χ1) is 7.70. The molecule has 0 heterocycles. The summed E-state index contributed by atoms with van der Waals surface area (Å²) in [5.74, 6) is -0.0563. The Kier molecular flexibility index (Phi) is 3.59. The molecule has 0 aromatic heterocycles. The highest BCUT2D eigenvalue weighted by Gasteiger charge is 2.34. The third-order valence-corrected chi connectivity index (χ3v) is 1.96. The maximum Gasteiger partial charge on any atom is 0.573 e. The second-order valence-electron chi connectivity index (χ2n) is 3.49. The predicted octanol–water partition coefficient (Wildman–Crippen LogP) is 3.46. The van der Waals surface area contributed by atoms with Gasteiger partial charge in [0.25, 0.3) is 0 Å². The van der Waals surface area contributed by atoms with Crippen LogP contribution in [-0.2, 0) is 0 Å². The van der Waals surface area contributed by atoms with Gasteiger partial charge in [-0.25, -0.2) is 0 Å². The molecule has 1 aromatic carbocycles. The smallest absolute Gasteiger partial charge is 0.398 e. The van der Waals surface area contributed by atoms with Crippen LogP contribution in [0.4, 0.5) is 18.9 Å². The van der Waals surface area contributed by atoms with Crippen molar-refractivity contribution in [3.8, 4) is 5.75 Å². The summed E-state index contributed by atoms with van der Waals surface area (Å²) in [6.45, 7) is 3.40. The lowest BCUT2D eigenvalue weighted by Gasteiger charge is -2.11. The topological polar surface area (TPSA) is 52.4 Å². The van der Waals surface area contributed by atoms with E-state index in [0.717, 1.165) is 18.1 Å². The summed E-state index contributed by atoms with van der Waals surface area (Å²) in [6, 6.07) is 3.33. The number of ether oxygens (including phenoxy) is 1. The summed E-state index contributed by atoms with van der Waals surface area (Å²) < 4.78 is 39.6. The second-order valence-corrected chi connectivity index (χ2v) is 3.49. The Balaban J connectivity index is 3.18. The van der Waals surface area contributed by atoms with E-state index >= 15 is 0 Å². The number of nitrogens with zero attached hydrogens (tertiary/aromatic N) is 1. The summed E-state index contributed by atoms with van der Waals surface area (Å²) >= 11 is 0. The first-order valence-corrected chi connectivity index (χ1v) is 4.55. The molecule has 0 saturated heterocycles. The van der Waals surface area contributed by atoms with E-state index in [1.165, 1.54) is 6.07 Å². The molecule has 1 aromatic rings. The van der Waals surface area contributed by atoms with Gasteiger partial charge in [-0.15, -0.1) is 13.2 Å². The number of alkyl halides is 3. The van der Waals surface area contributed by atoms with Gasteiger partial charge in [-0.05, 0) is 17.5 Å². The van der Waals surface area contributed by atoms with Crippen molar-refractivity contribution in [2.45, 2.75) is 20.2 Å². The summed E-state index contributed by atoms with van der Waals surface area (Å²) in [4.78, 5) is 9.72. The standard InChI is InChI=1S/C10H9F3NO3/c1-6(2)7-3-4-9(17-10(11,12)13)8(5-7)14(15)16/h3-5H,1-2H3. The molecule has 93 valence electrons. The molecule has 0 bridgehead atoms. The molecule has 7 heteroatoms. The molecule has 0 aliphatic carbocycles. The van der Waals surface area contributed by atoms with Gasteiger partial charge in [-0.3, -0.25) is 10.1 Å². The van der Waals surface area contributed by atoms with Gasteiger partial charge in [-0.2, -0.15) is 0 Å². The van der Waals surface area contributed by atoms with Crippen LogP contribution >= 0.6 is 0 Å². The lowest BCUT2D eigenvalue weighted by atomic mass is 10.0. The summed E-state index contributed by atoms with van der Waals surface area (Å²) in [5.41, 5.74) is -0.216. The number of hydrogen-bond acceptors (Lipinski definition) is 3. The molecule has 0 N–H and O–H groups in total. The molecule has 0 unspecified atom stereocenters. The van der Waals surface area contributed by atoms with Crippen LogP contribution in [0.3, 0.4) is 0 Å². The quantitative estimate of drug-likeness (QED) is 0.608. The Bertz CT molecular complexity index is 429. The molecule has 0 spiro atoms. The minimum Gasteiger partial charge on any atom is -0.398 e.